The summed E-state index contributed by atoms with van der Waals surface area (Å²) in [5.41, 5.74) is 5.44. The van der Waals surface area contributed by atoms with Crippen molar-refractivity contribution in [2.45, 2.75) is 19.3 Å². The molecular weight excluding hydrogens is 286 g/mol. The first-order valence-electron chi connectivity index (χ1n) is 6.79. The molecule has 22 heavy (non-hydrogen) atoms. The first-order valence-corrected chi connectivity index (χ1v) is 6.79. The fraction of sp³-hybridized carbons (Fsp3) is 0.214. The van der Waals surface area contributed by atoms with Gasteiger partial charge < -0.3 is 0 Å². The third-order valence-electron chi connectivity index (χ3n) is 3.51. The Kier molecular flexibility index (Phi) is 3.65. The topological polar surface area (TPSA) is 113 Å². The van der Waals surface area contributed by atoms with Gasteiger partial charge in [-0.05, 0) is 37.0 Å². The number of aromatic amines is 1. The minimum atomic E-state index is -0.471. The average Bonchev–Trinajstić information content (AvgIpc) is 3.10. The number of hydrogen-bond donors (Lipinski definition) is 2. The number of benzene rings is 1. The molecule has 1 heterocycles. The molecule has 8 heteroatoms. The average molecular weight is 299 g/mol. The second kappa shape index (κ2) is 5.76. The van der Waals surface area contributed by atoms with Gasteiger partial charge in [0.25, 0.3) is 11.6 Å². The van der Waals surface area contributed by atoms with Crippen molar-refractivity contribution in [3.63, 3.8) is 0 Å². The molecule has 1 amide bonds. The molecule has 112 valence electrons. The second-order valence-corrected chi connectivity index (χ2v) is 4.93. The van der Waals surface area contributed by atoms with Crippen LogP contribution in [0.2, 0.25) is 0 Å². The molecule has 0 atom stereocenters. The van der Waals surface area contributed by atoms with Crippen molar-refractivity contribution in [3.8, 4) is 0 Å². The van der Waals surface area contributed by atoms with E-state index in [1.165, 1.54) is 18.3 Å². The Hall–Kier alpha value is -3.03. The third kappa shape index (κ3) is 2.71. The zero-order valence-electron chi connectivity index (χ0n) is 11.6. The zero-order chi connectivity index (χ0) is 15.5. The van der Waals surface area contributed by atoms with Crippen LogP contribution in [0.4, 0.5) is 5.69 Å². The van der Waals surface area contributed by atoms with Crippen molar-refractivity contribution >= 4 is 17.8 Å². The molecule has 1 aliphatic carbocycles. The molecule has 0 bridgehead atoms. The molecule has 0 saturated heterocycles. The van der Waals surface area contributed by atoms with Crippen LogP contribution in [-0.4, -0.2) is 27.2 Å². The van der Waals surface area contributed by atoms with Gasteiger partial charge in [-0.25, -0.2) is 5.43 Å². The van der Waals surface area contributed by atoms with Gasteiger partial charge in [-0.3, -0.25) is 20.0 Å². The van der Waals surface area contributed by atoms with Crippen LogP contribution in [0.5, 0.6) is 0 Å². The number of hydrogen-bond acceptors (Lipinski definition) is 5. The molecular formula is C14H13N5O3. The maximum Gasteiger partial charge on any atom is 0.292 e. The molecule has 1 aromatic carbocycles. The number of nitro benzene ring substituents is 1. The molecule has 3 rings (SSSR count). The largest absolute Gasteiger partial charge is 0.292 e. The van der Waals surface area contributed by atoms with Gasteiger partial charge >= 0.3 is 0 Å². The highest BCUT2D eigenvalue weighted by Gasteiger charge is 2.22. The molecule has 0 aliphatic heterocycles. The second-order valence-electron chi connectivity index (χ2n) is 4.93. The molecule has 0 fully saturated rings. The van der Waals surface area contributed by atoms with Gasteiger partial charge in [0.05, 0.1) is 11.1 Å². The standard InChI is InChI=1S/C14H13N5O3/c20-14(13-11-2-1-3-12(11)16-17-13)18-15-8-9-4-6-10(7-5-9)19(21)22/h4-8H,1-3H2,(H,16,17)(H,18,20)/b15-8+. The van der Waals surface area contributed by atoms with E-state index in [9.17, 15) is 14.9 Å². The number of hydrazone groups is 1. The van der Waals surface area contributed by atoms with Crippen molar-refractivity contribution in [1.29, 1.82) is 0 Å². The van der Waals surface area contributed by atoms with Crippen LogP contribution in [0, 0.1) is 10.1 Å². The molecule has 0 saturated carbocycles. The maximum atomic E-state index is 12.0. The summed E-state index contributed by atoms with van der Waals surface area (Å²) in [6.07, 6.45) is 4.22. The molecule has 2 aromatic rings. The Labute approximate surface area is 125 Å². The normalized spacial score (nSPS) is 13.3. The molecule has 1 aromatic heterocycles. The fourth-order valence-corrected chi connectivity index (χ4v) is 2.41. The van der Waals surface area contributed by atoms with E-state index < -0.39 is 4.92 Å². The highest BCUT2D eigenvalue weighted by molar-refractivity contribution is 5.94. The van der Waals surface area contributed by atoms with Gasteiger partial charge in [0, 0.05) is 23.4 Å². The first kappa shape index (κ1) is 13.9. The SMILES string of the molecule is O=C(N/N=C/c1ccc([N+](=O)[O-])cc1)c1n[nH]c2c1CCC2. The highest BCUT2D eigenvalue weighted by Crippen LogP contribution is 2.22. The van der Waals surface area contributed by atoms with Crippen molar-refractivity contribution < 1.29 is 9.72 Å². The maximum absolute atomic E-state index is 12.0. The summed E-state index contributed by atoms with van der Waals surface area (Å²) in [6, 6.07) is 5.87. The van der Waals surface area contributed by atoms with E-state index in [0.29, 0.717) is 11.3 Å². The summed E-state index contributed by atoms with van der Waals surface area (Å²) in [4.78, 5) is 22.1. The number of nitro groups is 1. The van der Waals surface area contributed by atoms with E-state index in [0.717, 1.165) is 30.5 Å². The van der Waals surface area contributed by atoms with E-state index in [1.54, 1.807) is 12.1 Å². The van der Waals surface area contributed by atoms with Crippen LogP contribution in [0.3, 0.4) is 0 Å². The van der Waals surface area contributed by atoms with E-state index in [-0.39, 0.29) is 11.6 Å². The molecule has 0 unspecified atom stereocenters. The van der Waals surface area contributed by atoms with Gasteiger partial charge in [-0.1, -0.05) is 0 Å². The van der Waals surface area contributed by atoms with Crippen molar-refractivity contribution in [2.75, 3.05) is 0 Å². The zero-order valence-corrected chi connectivity index (χ0v) is 11.6. The summed E-state index contributed by atoms with van der Waals surface area (Å²) >= 11 is 0. The predicted molar refractivity (Wildman–Crippen MR) is 78.8 cm³/mol. The number of carbonyl (C=O) groups is 1. The van der Waals surface area contributed by atoms with Crippen LogP contribution in [0.1, 0.15) is 33.7 Å². The summed E-state index contributed by atoms with van der Waals surface area (Å²) in [5.74, 6) is -0.363. The third-order valence-corrected chi connectivity index (χ3v) is 3.51. The van der Waals surface area contributed by atoms with Gasteiger partial charge in [0.15, 0.2) is 5.69 Å². The van der Waals surface area contributed by atoms with Crippen LogP contribution in [-0.2, 0) is 12.8 Å². The van der Waals surface area contributed by atoms with Gasteiger partial charge in [0.2, 0.25) is 0 Å². The lowest BCUT2D eigenvalue weighted by molar-refractivity contribution is -0.384. The number of aromatic nitrogens is 2. The summed E-state index contributed by atoms with van der Waals surface area (Å²) < 4.78 is 0. The quantitative estimate of drug-likeness (QED) is 0.506. The smallest absolute Gasteiger partial charge is 0.281 e. The highest BCUT2D eigenvalue weighted by atomic mass is 16.6. The molecule has 0 radical (unpaired) electrons. The number of amides is 1. The van der Waals surface area contributed by atoms with Crippen LogP contribution < -0.4 is 5.43 Å². The number of rotatable bonds is 4. The van der Waals surface area contributed by atoms with Gasteiger partial charge in [0.1, 0.15) is 0 Å². The molecule has 1 aliphatic rings. The Morgan fingerprint density at radius 1 is 1.36 bits per heavy atom. The van der Waals surface area contributed by atoms with Crippen molar-refractivity contribution in [3.05, 3.63) is 56.9 Å². The summed E-state index contributed by atoms with van der Waals surface area (Å²) in [7, 11) is 0. The van der Waals surface area contributed by atoms with Gasteiger partial charge in [-0.15, -0.1) is 0 Å². The molecule has 0 spiro atoms. The lowest BCUT2D eigenvalue weighted by Crippen LogP contribution is -2.19. The van der Waals surface area contributed by atoms with Gasteiger partial charge in [-0.2, -0.15) is 10.2 Å². The Morgan fingerprint density at radius 3 is 2.86 bits per heavy atom. The lowest BCUT2D eigenvalue weighted by Gasteiger charge is -1.98. The number of carbonyl (C=O) groups excluding carboxylic acids is 1. The van der Waals surface area contributed by atoms with Crippen molar-refractivity contribution in [2.24, 2.45) is 5.10 Å². The fourth-order valence-electron chi connectivity index (χ4n) is 2.41. The lowest BCUT2D eigenvalue weighted by atomic mass is 10.2. The monoisotopic (exact) mass is 299 g/mol. The Bertz CT molecular complexity index is 748. The summed E-state index contributed by atoms with van der Waals surface area (Å²) in [5, 5.41) is 21.3. The molecule has 8 nitrogen and oxygen atoms in total. The van der Waals surface area contributed by atoms with Crippen LogP contribution in [0.15, 0.2) is 29.4 Å². The number of non-ortho nitro benzene ring substituents is 1. The molecule has 2 N–H and O–H groups in total. The van der Waals surface area contributed by atoms with E-state index in [2.05, 4.69) is 20.7 Å². The Balaban J connectivity index is 1.64. The summed E-state index contributed by atoms with van der Waals surface area (Å²) in [6.45, 7) is 0. The number of aryl methyl sites for hydroxylation is 1. The predicted octanol–water partition coefficient (Wildman–Crippen LogP) is 1.57. The number of nitrogens with one attached hydrogen (secondary N) is 2. The van der Waals surface area contributed by atoms with Crippen molar-refractivity contribution in [1.82, 2.24) is 15.6 Å². The number of nitrogens with zero attached hydrogens (tertiary/aromatic N) is 3. The van der Waals surface area contributed by atoms with Crippen LogP contribution >= 0.6 is 0 Å². The Morgan fingerprint density at radius 2 is 2.14 bits per heavy atom. The van der Waals surface area contributed by atoms with Crippen LogP contribution in [0.25, 0.3) is 0 Å². The minimum Gasteiger partial charge on any atom is -0.281 e. The van der Waals surface area contributed by atoms with E-state index in [4.69, 9.17) is 0 Å². The van der Waals surface area contributed by atoms with E-state index >= 15 is 0 Å². The number of H-pyrrole nitrogens is 1. The minimum absolute atomic E-state index is 0.00766. The first-order chi connectivity index (χ1) is 10.6. The number of fused-ring (bicyclic) bond motifs is 1. The van der Waals surface area contributed by atoms with E-state index in [1.807, 2.05) is 0 Å².